The van der Waals surface area contributed by atoms with Crippen molar-refractivity contribution in [3.8, 4) is 23.8 Å². The Morgan fingerprint density at radius 2 is 2.17 bits per heavy atom. The van der Waals surface area contributed by atoms with E-state index in [1.54, 1.807) is 0 Å². The second kappa shape index (κ2) is 8.43. The summed E-state index contributed by atoms with van der Waals surface area (Å²) < 4.78 is 11.4. The second-order valence-corrected chi connectivity index (χ2v) is 3.86. The Morgan fingerprint density at radius 3 is 2.83 bits per heavy atom. The highest BCUT2D eigenvalue weighted by Gasteiger charge is 2.10. The molecular formula is C15H21NO2. The lowest BCUT2D eigenvalue weighted by Gasteiger charge is -2.15. The van der Waals surface area contributed by atoms with Crippen molar-refractivity contribution in [1.29, 1.82) is 0 Å². The van der Waals surface area contributed by atoms with Crippen LogP contribution in [0.2, 0.25) is 0 Å². The highest BCUT2D eigenvalue weighted by Crippen LogP contribution is 2.31. The van der Waals surface area contributed by atoms with Gasteiger partial charge in [-0.2, -0.15) is 0 Å². The molecule has 0 unspecified atom stereocenters. The molecule has 3 nitrogen and oxygen atoms in total. The van der Waals surface area contributed by atoms with Crippen LogP contribution in [0.5, 0.6) is 11.5 Å². The van der Waals surface area contributed by atoms with Gasteiger partial charge in [0, 0.05) is 18.5 Å². The van der Waals surface area contributed by atoms with Crippen molar-refractivity contribution in [3.63, 3.8) is 0 Å². The number of rotatable bonds is 8. The van der Waals surface area contributed by atoms with Crippen molar-refractivity contribution in [3.05, 3.63) is 23.8 Å². The number of hydrogen-bond donors (Lipinski definition) is 1. The first-order valence-corrected chi connectivity index (χ1v) is 6.29. The van der Waals surface area contributed by atoms with Gasteiger partial charge in [0.1, 0.15) is 0 Å². The maximum atomic E-state index is 5.81. The number of hydrogen-bond acceptors (Lipinski definition) is 3. The van der Waals surface area contributed by atoms with Crippen LogP contribution >= 0.6 is 0 Å². The maximum Gasteiger partial charge on any atom is 0.165 e. The van der Waals surface area contributed by atoms with E-state index in [4.69, 9.17) is 15.9 Å². The van der Waals surface area contributed by atoms with Crippen LogP contribution in [0.1, 0.15) is 25.3 Å². The van der Waals surface area contributed by atoms with Gasteiger partial charge in [0.05, 0.1) is 13.2 Å². The summed E-state index contributed by atoms with van der Waals surface area (Å²) in [6, 6.07) is 5.95. The molecule has 1 aromatic carbocycles. The van der Waals surface area contributed by atoms with Crippen LogP contribution in [0.25, 0.3) is 0 Å². The third-order valence-electron chi connectivity index (χ3n) is 2.44. The minimum atomic E-state index is 0.616. The smallest absolute Gasteiger partial charge is 0.165 e. The third kappa shape index (κ3) is 4.31. The number of ether oxygens (including phenoxy) is 2. The van der Waals surface area contributed by atoms with Crippen molar-refractivity contribution in [2.24, 2.45) is 0 Å². The van der Waals surface area contributed by atoms with Crippen LogP contribution in [0, 0.1) is 12.3 Å². The minimum absolute atomic E-state index is 0.616. The summed E-state index contributed by atoms with van der Waals surface area (Å²) in [5, 5.41) is 3.13. The second-order valence-electron chi connectivity index (χ2n) is 3.86. The average molecular weight is 247 g/mol. The zero-order valence-electron chi connectivity index (χ0n) is 11.2. The molecular weight excluding hydrogens is 226 g/mol. The van der Waals surface area contributed by atoms with Crippen molar-refractivity contribution in [2.75, 3.05) is 20.3 Å². The molecule has 1 rings (SSSR count). The predicted molar refractivity (Wildman–Crippen MR) is 73.9 cm³/mol. The lowest BCUT2D eigenvalue weighted by atomic mass is 10.2. The van der Waals surface area contributed by atoms with Crippen LogP contribution in [0.3, 0.4) is 0 Å². The molecule has 1 aromatic rings. The van der Waals surface area contributed by atoms with Gasteiger partial charge in [-0.25, -0.2) is 0 Å². The van der Waals surface area contributed by atoms with E-state index in [2.05, 4.69) is 11.2 Å². The molecule has 0 aliphatic rings. The zero-order chi connectivity index (χ0) is 13.2. The fraction of sp³-hybridized carbons (Fsp3) is 0.467. The Bertz CT molecular complexity index is 372. The first kappa shape index (κ1) is 14.4. The molecule has 0 aliphatic carbocycles. The maximum absolute atomic E-state index is 5.81. The number of nitrogens with one attached hydrogen (secondary N) is 1. The Balaban J connectivity index is 2.78. The van der Waals surface area contributed by atoms with Crippen molar-refractivity contribution in [1.82, 2.24) is 5.32 Å². The summed E-state index contributed by atoms with van der Waals surface area (Å²) in [4.78, 5) is 0. The Hall–Kier alpha value is -1.66. The Morgan fingerprint density at radius 1 is 1.33 bits per heavy atom. The number of para-hydroxylation sites is 1. The third-order valence-corrected chi connectivity index (χ3v) is 2.44. The summed E-state index contributed by atoms with van der Waals surface area (Å²) in [7, 11) is 1.91. The fourth-order valence-electron chi connectivity index (χ4n) is 1.67. The lowest BCUT2D eigenvalue weighted by Crippen LogP contribution is -2.09. The molecule has 98 valence electrons. The summed E-state index contributed by atoms with van der Waals surface area (Å²) in [6.07, 6.45) is 6.81. The van der Waals surface area contributed by atoms with Crippen LogP contribution in [0.4, 0.5) is 0 Å². The van der Waals surface area contributed by atoms with E-state index in [0.29, 0.717) is 13.2 Å². The van der Waals surface area contributed by atoms with Crippen LogP contribution in [0.15, 0.2) is 18.2 Å². The van der Waals surface area contributed by atoms with E-state index in [1.165, 1.54) is 0 Å². The van der Waals surface area contributed by atoms with E-state index in [0.717, 1.165) is 36.4 Å². The largest absolute Gasteiger partial charge is 0.490 e. The highest BCUT2D eigenvalue weighted by molar-refractivity contribution is 5.46. The van der Waals surface area contributed by atoms with Gasteiger partial charge in [0.2, 0.25) is 0 Å². The SMILES string of the molecule is C#CCCCOc1c(CNC)cccc1OCC. The topological polar surface area (TPSA) is 30.5 Å². The minimum Gasteiger partial charge on any atom is -0.490 e. The fourth-order valence-corrected chi connectivity index (χ4v) is 1.67. The van der Waals surface area contributed by atoms with Gasteiger partial charge in [-0.05, 0) is 26.5 Å². The van der Waals surface area contributed by atoms with Crippen molar-refractivity contribution in [2.45, 2.75) is 26.3 Å². The van der Waals surface area contributed by atoms with Gasteiger partial charge in [0.15, 0.2) is 11.5 Å². The normalized spacial score (nSPS) is 9.83. The molecule has 18 heavy (non-hydrogen) atoms. The molecule has 0 bridgehead atoms. The molecule has 0 saturated carbocycles. The summed E-state index contributed by atoms with van der Waals surface area (Å²) >= 11 is 0. The van der Waals surface area contributed by atoms with Crippen molar-refractivity contribution < 1.29 is 9.47 Å². The molecule has 0 radical (unpaired) electrons. The highest BCUT2D eigenvalue weighted by atomic mass is 16.5. The number of terminal acetylenes is 1. The molecule has 0 heterocycles. The Kier molecular flexibility index (Phi) is 6.75. The molecule has 0 fully saturated rings. The van der Waals surface area contributed by atoms with E-state index in [9.17, 15) is 0 Å². The zero-order valence-corrected chi connectivity index (χ0v) is 11.2. The quantitative estimate of drug-likeness (QED) is 0.566. The first-order chi connectivity index (χ1) is 8.83. The summed E-state index contributed by atoms with van der Waals surface area (Å²) in [6.45, 7) is 3.97. The molecule has 0 amide bonds. The Labute approximate surface area is 109 Å². The molecule has 0 aliphatic heterocycles. The van der Waals surface area contributed by atoms with Gasteiger partial charge in [0.25, 0.3) is 0 Å². The van der Waals surface area contributed by atoms with Gasteiger partial charge < -0.3 is 14.8 Å². The van der Waals surface area contributed by atoms with E-state index >= 15 is 0 Å². The summed E-state index contributed by atoms with van der Waals surface area (Å²) in [5.41, 5.74) is 1.10. The van der Waals surface area contributed by atoms with Crippen LogP contribution in [-0.2, 0) is 6.54 Å². The molecule has 3 heteroatoms. The van der Waals surface area contributed by atoms with E-state index in [1.807, 2.05) is 32.2 Å². The van der Waals surface area contributed by atoms with E-state index < -0.39 is 0 Å². The predicted octanol–water partition coefficient (Wildman–Crippen LogP) is 2.60. The van der Waals surface area contributed by atoms with Crippen molar-refractivity contribution >= 4 is 0 Å². The number of unbranched alkanes of at least 4 members (excludes halogenated alkanes) is 1. The first-order valence-electron chi connectivity index (χ1n) is 6.29. The summed E-state index contributed by atoms with van der Waals surface area (Å²) in [5.74, 6) is 4.23. The van der Waals surface area contributed by atoms with Crippen LogP contribution < -0.4 is 14.8 Å². The lowest BCUT2D eigenvalue weighted by molar-refractivity contribution is 0.271. The standard InChI is InChI=1S/C15H21NO2/c1-4-6-7-11-18-15-13(12-16-3)9-8-10-14(15)17-5-2/h1,8-10,16H,5-7,11-12H2,2-3H3. The molecule has 0 saturated heterocycles. The van der Waals surface area contributed by atoms with Gasteiger partial charge in [-0.3, -0.25) is 0 Å². The monoisotopic (exact) mass is 247 g/mol. The molecule has 0 aromatic heterocycles. The van der Waals surface area contributed by atoms with Gasteiger partial charge >= 0.3 is 0 Å². The van der Waals surface area contributed by atoms with E-state index in [-0.39, 0.29) is 0 Å². The molecule has 0 spiro atoms. The van der Waals surface area contributed by atoms with Gasteiger partial charge in [-0.1, -0.05) is 12.1 Å². The number of benzene rings is 1. The van der Waals surface area contributed by atoms with Crippen LogP contribution in [-0.4, -0.2) is 20.3 Å². The molecule has 1 N–H and O–H groups in total. The van der Waals surface area contributed by atoms with Gasteiger partial charge in [-0.15, -0.1) is 12.3 Å². The average Bonchev–Trinajstić information content (AvgIpc) is 2.38. The molecule has 0 atom stereocenters.